The fourth-order valence-corrected chi connectivity index (χ4v) is 2.46. The molecular formula is C14H10Br2O3. The second-order valence-electron chi connectivity index (χ2n) is 3.83. The summed E-state index contributed by atoms with van der Waals surface area (Å²) < 4.78 is 7.12. The molecule has 98 valence electrons. The fraction of sp³-hybridized carbons (Fsp3) is 0.0714. The van der Waals surface area contributed by atoms with Crippen LogP contribution in [0.15, 0.2) is 51.4 Å². The van der Waals surface area contributed by atoms with Crippen molar-refractivity contribution in [1.82, 2.24) is 0 Å². The molecule has 0 saturated heterocycles. The van der Waals surface area contributed by atoms with Gasteiger partial charge >= 0.3 is 5.97 Å². The minimum Gasteiger partial charge on any atom is -0.489 e. The summed E-state index contributed by atoms with van der Waals surface area (Å²) >= 11 is 6.67. The first-order chi connectivity index (χ1) is 9.08. The third-order valence-electron chi connectivity index (χ3n) is 2.52. The molecule has 2 rings (SSSR count). The van der Waals surface area contributed by atoms with Crippen LogP contribution < -0.4 is 4.74 Å². The van der Waals surface area contributed by atoms with Gasteiger partial charge in [-0.25, -0.2) is 4.79 Å². The Morgan fingerprint density at radius 1 is 1.11 bits per heavy atom. The van der Waals surface area contributed by atoms with Gasteiger partial charge < -0.3 is 9.84 Å². The number of halogens is 2. The average molecular weight is 386 g/mol. The van der Waals surface area contributed by atoms with Gasteiger partial charge in [-0.15, -0.1) is 0 Å². The van der Waals surface area contributed by atoms with Crippen LogP contribution >= 0.6 is 31.9 Å². The number of rotatable bonds is 4. The third-order valence-corrected chi connectivity index (χ3v) is 3.95. The van der Waals surface area contributed by atoms with Crippen molar-refractivity contribution in [3.63, 3.8) is 0 Å². The van der Waals surface area contributed by atoms with Crippen LogP contribution in [-0.4, -0.2) is 11.1 Å². The topological polar surface area (TPSA) is 46.5 Å². The zero-order valence-electron chi connectivity index (χ0n) is 9.77. The van der Waals surface area contributed by atoms with Gasteiger partial charge in [0.25, 0.3) is 0 Å². The highest BCUT2D eigenvalue weighted by Crippen LogP contribution is 2.25. The minimum atomic E-state index is -0.968. The number of carboxylic acids is 1. The van der Waals surface area contributed by atoms with E-state index < -0.39 is 5.97 Å². The Hall–Kier alpha value is -1.33. The van der Waals surface area contributed by atoms with E-state index in [-0.39, 0.29) is 5.56 Å². The van der Waals surface area contributed by atoms with E-state index in [1.807, 2.05) is 24.3 Å². The predicted molar refractivity (Wildman–Crippen MR) is 79.6 cm³/mol. The Labute approximate surface area is 127 Å². The Bertz CT molecular complexity index is 611. The van der Waals surface area contributed by atoms with Gasteiger partial charge in [0.1, 0.15) is 12.4 Å². The molecule has 0 aliphatic heterocycles. The van der Waals surface area contributed by atoms with Crippen LogP contribution in [0.3, 0.4) is 0 Å². The van der Waals surface area contributed by atoms with E-state index >= 15 is 0 Å². The first-order valence-electron chi connectivity index (χ1n) is 5.47. The molecule has 0 saturated carbocycles. The van der Waals surface area contributed by atoms with Gasteiger partial charge in [0.2, 0.25) is 0 Å². The molecular weight excluding hydrogens is 376 g/mol. The normalized spacial score (nSPS) is 10.2. The molecule has 2 aromatic carbocycles. The monoisotopic (exact) mass is 384 g/mol. The van der Waals surface area contributed by atoms with E-state index in [2.05, 4.69) is 31.9 Å². The highest BCUT2D eigenvalue weighted by Gasteiger charge is 2.09. The van der Waals surface area contributed by atoms with E-state index in [1.54, 1.807) is 12.1 Å². The Morgan fingerprint density at radius 3 is 2.47 bits per heavy atom. The summed E-state index contributed by atoms with van der Waals surface area (Å²) in [6.07, 6.45) is 0. The third kappa shape index (κ3) is 3.58. The first-order valence-corrected chi connectivity index (χ1v) is 7.05. The average Bonchev–Trinajstić information content (AvgIpc) is 2.37. The molecule has 0 bridgehead atoms. The van der Waals surface area contributed by atoms with E-state index in [1.165, 1.54) is 6.07 Å². The van der Waals surface area contributed by atoms with Crippen molar-refractivity contribution in [2.45, 2.75) is 6.61 Å². The number of hydrogen-bond acceptors (Lipinski definition) is 2. The lowest BCUT2D eigenvalue weighted by Gasteiger charge is -2.09. The zero-order valence-corrected chi connectivity index (χ0v) is 12.9. The molecule has 5 heteroatoms. The van der Waals surface area contributed by atoms with Gasteiger partial charge in [-0.2, -0.15) is 0 Å². The Morgan fingerprint density at radius 2 is 1.84 bits per heavy atom. The molecule has 1 N–H and O–H groups in total. The van der Waals surface area contributed by atoms with Crippen LogP contribution in [0, 0.1) is 0 Å². The van der Waals surface area contributed by atoms with E-state index in [9.17, 15) is 4.79 Å². The quantitative estimate of drug-likeness (QED) is 0.843. The molecule has 0 aliphatic carbocycles. The number of aromatic carboxylic acids is 1. The summed E-state index contributed by atoms with van der Waals surface area (Å²) in [6, 6.07) is 12.6. The standard InChI is InChI=1S/C14H10Br2O3/c15-12-4-2-1-3-9(12)8-19-10-5-6-11(14(17)18)13(16)7-10/h1-7H,8H2,(H,17,18). The molecule has 0 aliphatic rings. The molecule has 0 heterocycles. The largest absolute Gasteiger partial charge is 0.489 e. The molecule has 0 spiro atoms. The van der Waals surface area contributed by atoms with Gasteiger partial charge in [-0.1, -0.05) is 34.1 Å². The number of benzene rings is 2. The van der Waals surface area contributed by atoms with Crippen LogP contribution in [0.4, 0.5) is 0 Å². The van der Waals surface area contributed by atoms with Crippen LogP contribution in [0.25, 0.3) is 0 Å². The highest BCUT2D eigenvalue weighted by molar-refractivity contribution is 9.10. The maximum atomic E-state index is 10.9. The van der Waals surface area contributed by atoms with Crippen molar-refractivity contribution >= 4 is 37.8 Å². The summed E-state index contributed by atoms with van der Waals surface area (Å²) in [5.41, 5.74) is 1.24. The lowest BCUT2D eigenvalue weighted by atomic mass is 10.2. The van der Waals surface area contributed by atoms with Crippen LogP contribution in [0.5, 0.6) is 5.75 Å². The SMILES string of the molecule is O=C(O)c1ccc(OCc2ccccc2Br)cc1Br. The molecule has 3 nitrogen and oxygen atoms in total. The van der Waals surface area contributed by atoms with Crippen molar-refractivity contribution in [2.75, 3.05) is 0 Å². The highest BCUT2D eigenvalue weighted by atomic mass is 79.9. The molecule has 0 aromatic heterocycles. The van der Waals surface area contributed by atoms with E-state index in [4.69, 9.17) is 9.84 Å². The van der Waals surface area contributed by atoms with Gasteiger partial charge in [-0.3, -0.25) is 0 Å². The van der Waals surface area contributed by atoms with Crippen molar-refractivity contribution in [3.8, 4) is 5.75 Å². The van der Waals surface area contributed by atoms with Gasteiger partial charge in [0, 0.05) is 14.5 Å². The predicted octanol–water partition coefficient (Wildman–Crippen LogP) is 4.49. The van der Waals surface area contributed by atoms with Crippen LogP contribution in [0.2, 0.25) is 0 Å². The molecule has 0 fully saturated rings. The fourth-order valence-electron chi connectivity index (χ4n) is 1.54. The number of hydrogen-bond donors (Lipinski definition) is 1. The summed E-state index contributed by atoms with van der Waals surface area (Å²) in [5, 5.41) is 8.92. The van der Waals surface area contributed by atoms with Crippen molar-refractivity contribution in [2.24, 2.45) is 0 Å². The van der Waals surface area contributed by atoms with E-state index in [0.29, 0.717) is 16.8 Å². The number of carboxylic acid groups (broad SMARTS) is 1. The minimum absolute atomic E-state index is 0.216. The lowest BCUT2D eigenvalue weighted by molar-refractivity contribution is 0.0696. The lowest BCUT2D eigenvalue weighted by Crippen LogP contribution is -2.00. The Balaban J connectivity index is 2.11. The van der Waals surface area contributed by atoms with Gasteiger partial charge in [-0.05, 0) is 40.2 Å². The van der Waals surface area contributed by atoms with E-state index in [0.717, 1.165) is 10.0 Å². The zero-order chi connectivity index (χ0) is 13.8. The maximum absolute atomic E-state index is 10.9. The molecule has 19 heavy (non-hydrogen) atoms. The van der Waals surface area contributed by atoms with Crippen molar-refractivity contribution < 1.29 is 14.6 Å². The smallest absolute Gasteiger partial charge is 0.336 e. The second kappa shape index (κ2) is 6.21. The van der Waals surface area contributed by atoms with Gasteiger partial charge in [0.15, 0.2) is 0 Å². The summed E-state index contributed by atoms with van der Waals surface area (Å²) in [4.78, 5) is 10.9. The molecule has 2 aromatic rings. The summed E-state index contributed by atoms with van der Waals surface area (Å²) in [5.74, 6) is -0.350. The molecule has 0 unspecified atom stereocenters. The van der Waals surface area contributed by atoms with Crippen LogP contribution in [0.1, 0.15) is 15.9 Å². The number of carbonyl (C=O) groups is 1. The van der Waals surface area contributed by atoms with Crippen molar-refractivity contribution in [1.29, 1.82) is 0 Å². The van der Waals surface area contributed by atoms with Gasteiger partial charge in [0.05, 0.1) is 5.56 Å². The molecule has 0 atom stereocenters. The number of ether oxygens (including phenoxy) is 1. The maximum Gasteiger partial charge on any atom is 0.336 e. The summed E-state index contributed by atoms with van der Waals surface area (Å²) in [7, 11) is 0. The second-order valence-corrected chi connectivity index (χ2v) is 5.54. The molecule has 0 radical (unpaired) electrons. The van der Waals surface area contributed by atoms with Crippen molar-refractivity contribution in [3.05, 3.63) is 62.5 Å². The summed E-state index contributed by atoms with van der Waals surface area (Å²) in [6.45, 7) is 0.417. The Kier molecular flexibility index (Phi) is 4.61. The molecule has 0 amide bonds. The van der Waals surface area contributed by atoms with Crippen LogP contribution in [-0.2, 0) is 6.61 Å². The first kappa shape index (κ1) is 14.1.